The van der Waals surface area contributed by atoms with Crippen LogP contribution in [0.5, 0.6) is 5.75 Å². The number of anilines is 1. The molecule has 0 bridgehead atoms. The molecule has 3 aromatic rings. The van der Waals surface area contributed by atoms with Crippen molar-refractivity contribution in [1.29, 1.82) is 0 Å². The molecule has 33 heavy (non-hydrogen) atoms. The van der Waals surface area contributed by atoms with Crippen molar-refractivity contribution in [2.75, 3.05) is 12.0 Å². The Morgan fingerprint density at radius 3 is 2.45 bits per heavy atom. The molecule has 0 aliphatic heterocycles. The Morgan fingerprint density at radius 2 is 1.76 bits per heavy atom. The molecule has 0 aliphatic carbocycles. The van der Waals surface area contributed by atoms with E-state index < -0.39 is 5.91 Å². The molecule has 3 aromatic carbocycles. The van der Waals surface area contributed by atoms with E-state index in [0.29, 0.717) is 26.6 Å². The van der Waals surface area contributed by atoms with E-state index in [9.17, 15) is 4.79 Å². The van der Waals surface area contributed by atoms with Gasteiger partial charge in [0.1, 0.15) is 10.8 Å². The van der Waals surface area contributed by atoms with E-state index in [0.717, 1.165) is 15.1 Å². The fourth-order valence-corrected chi connectivity index (χ4v) is 3.91. The minimum Gasteiger partial charge on any atom is -0.482 e. The zero-order valence-corrected chi connectivity index (χ0v) is 21.3. The summed E-state index contributed by atoms with van der Waals surface area (Å²) >= 11 is 16.8. The first-order chi connectivity index (χ1) is 15.9. The molecule has 0 fully saturated rings. The Balaban J connectivity index is 1.66. The molecule has 0 spiro atoms. The maximum absolute atomic E-state index is 12.2. The van der Waals surface area contributed by atoms with Crippen molar-refractivity contribution in [3.05, 3.63) is 87.3 Å². The normalized spacial score (nSPS) is 11.8. The first-order valence-corrected chi connectivity index (χ1v) is 12.0. The van der Waals surface area contributed by atoms with E-state index in [1.807, 2.05) is 54.6 Å². The molecular formula is C23H19BrCl2N4O2S. The summed E-state index contributed by atoms with van der Waals surface area (Å²) in [6.07, 6.45) is 0. The number of rotatable bonds is 8. The van der Waals surface area contributed by atoms with Crippen molar-refractivity contribution < 1.29 is 9.53 Å². The van der Waals surface area contributed by atoms with Crippen LogP contribution in [0, 0.1) is 0 Å². The molecule has 0 aliphatic rings. The largest absolute Gasteiger partial charge is 0.482 e. The van der Waals surface area contributed by atoms with Gasteiger partial charge in [0.15, 0.2) is 6.61 Å². The minimum absolute atomic E-state index is 0.256. The number of thioether (sulfide) groups is 1. The number of benzene rings is 3. The van der Waals surface area contributed by atoms with Gasteiger partial charge in [0.2, 0.25) is 0 Å². The van der Waals surface area contributed by atoms with Crippen molar-refractivity contribution in [1.82, 2.24) is 5.43 Å². The van der Waals surface area contributed by atoms with Gasteiger partial charge in [0.25, 0.3) is 5.91 Å². The molecule has 1 amide bonds. The smallest absolute Gasteiger partial charge is 0.277 e. The number of hydrazone groups is 2. The Bertz CT molecular complexity index is 1160. The van der Waals surface area contributed by atoms with E-state index in [-0.39, 0.29) is 6.61 Å². The van der Waals surface area contributed by atoms with Crippen LogP contribution in [0.1, 0.15) is 6.92 Å². The zero-order chi connectivity index (χ0) is 23.6. The summed E-state index contributed by atoms with van der Waals surface area (Å²) in [5, 5.41) is 10.1. The van der Waals surface area contributed by atoms with Crippen molar-refractivity contribution in [2.24, 2.45) is 10.2 Å². The van der Waals surface area contributed by atoms with Crippen LogP contribution in [0.25, 0.3) is 0 Å². The number of hydrogen-bond donors (Lipinski definition) is 2. The average Bonchev–Trinajstić information content (AvgIpc) is 2.81. The van der Waals surface area contributed by atoms with E-state index in [2.05, 4.69) is 37.0 Å². The number of nitrogens with one attached hydrogen (secondary N) is 2. The summed E-state index contributed by atoms with van der Waals surface area (Å²) in [7, 11) is 0. The Kier molecular flexibility index (Phi) is 9.62. The van der Waals surface area contributed by atoms with Crippen LogP contribution >= 0.6 is 50.9 Å². The molecule has 170 valence electrons. The molecule has 10 heteroatoms. The fourth-order valence-electron chi connectivity index (χ4n) is 2.38. The van der Waals surface area contributed by atoms with Crippen molar-refractivity contribution in [2.45, 2.75) is 11.8 Å². The van der Waals surface area contributed by atoms with E-state index >= 15 is 0 Å². The quantitative estimate of drug-likeness (QED) is 0.136. The van der Waals surface area contributed by atoms with Crippen LogP contribution in [0.4, 0.5) is 5.69 Å². The predicted molar refractivity (Wildman–Crippen MR) is 141 cm³/mol. The number of carbonyl (C=O) groups is 1. The van der Waals surface area contributed by atoms with Crippen LogP contribution in [0.15, 0.2) is 92.4 Å². The van der Waals surface area contributed by atoms with Crippen LogP contribution in [0.3, 0.4) is 0 Å². The third kappa shape index (κ3) is 8.40. The van der Waals surface area contributed by atoms with Gasteiger partial charge in [-0.1, -0.05) is 69.1 Å². The first kappa shape index (κ1) is 25.1. The van der Waals surface area contributed by atoms with Gasteiger partial charge in [-0.05, 0) is 61.5 Å². The highest BCUT2D eigenvalue weighted by molar-refractivity contribution is 9.10. The molecule has 0 aromatic heterocycles. The molecular weight excluding hydrogens is 547 g/mol. The number of carbonyl (C=O) groups excluding carboxylic acids is 1. The van der Waals surface area contributed by atoms with Gasteiger partial charge in [-0.15, -0.1) is 0 Å². The summed E-state index contributed by atoms with van der Waals surface area (Å²) in [5.74, 6) is -0.0807. The second-order valence-corrected chi connectivity index (χ2v) is 9.37. The monoisotopic (exact) mass is 564 g/mol. The van der Waals surface area contributed by atoms with Gasteiger partial charge in [-0.25, -0.2) is 5.43 Å². The van der Waals surface area contributed by atoms with Gasteiger partial charge < -0.3 is 4.74 Å². The molecule has 2 N–H and O–H groups in total. The highest BCUT2D eigenvalue weighted by Gasteiger charge is 2.10. The highest BCUT2D eigenvalue weighted by atomic mass is 79.9. The summed E-state index contributed by atoms with van der Waals surface area (Å²) in [6.45, 7) is 1.50. The number of amides is 1. The molecule has 0 unspecified atom stereocenters. The van der Waals surface area contributed by atoms with Gasteiger partial charge in [-0.2, -0.15) is 10.2 Å². The first-order valence-electron chi connectivity index (χ1n) is 9.64. The number of ether oxygens (including phenoxy) is 1. The summed E-state index contributed by atoms with van der Waals surface area (Å²) in [5.41, 5.74) is 6.84. The number of halogens is 3. The fraction of sp³-hybridized carbons (Fsp3) is 0.0870. The van der Waals surface area contributed by atoms with Gasteiger partial charge in [-0.3, -0.25) is 10.2 Å². The number of nitrogens with zero attached hydrogens (tertiary/aromatic N) is 2. The van der Waals surface area contributed by atoms with Gasteiger partial charge in [0, 0.05) is 14.4 Å². The lowest BCUT2D eigenvalue weighted by molar-refractivity contribution is -0.123. The van der Waals surface area contributed by atoms with Crippen LogP contribution < -0.4 is 15.6 Å². The number of hydrogen-bond acceptors (Lipinski definition) is 6. The molecule has 0 saturated heterocycles. The molecule has 6 nitrogen and oxygen atoms in total. The third-order valence-electron chi connectivity index (χ3n) is 4.00. The second-order valence-electron chi connectivity index (χ2n) is 6.55. The molecule has 0 heterocycles. The molecule has 3 rings (SSSR count). The lowest BCUT2D eigenvalue weighted by Crippen LogP contribution is -2.26. The van der Waals surface area contributed by atoms with Gasteiger partial charge in [0.05, 0.1) is 16.4 Å². The van der Waals surface area contributed by atoms with E-state index in [1.165, 1.54) is 11.8 Å². The lowest BCUT2D eigenvalue weighted by atomic mass is 10.3. The van der Waals surface area contributed by atoms with Gasteiger partial charge >= 0.3 is 0 Å². The zero-order valence-electron chi connectivity index (χ0n) is 17.4. The Morgan fingerprint density at radius 1 is 1.03 bits per heavy atom. The van der Waals surface area contributed by atoms with Crippen molar-refractivity contribution >= 4 is 73.2 Å². The highest BCUT2D eigenvalue weighted by Crippen LogP contribution is 2.27. The maximum atomic E-state index is 12.2. The average molecular weight is 566 g/mol. The summed E-state index contributed by atoms with van der Waals surface area (Å²) in [4.78, 5) is 13.2. The minimum atomic E-state index is -0.440. The lowest BCUT2D eigenvalue weighted by Gasteiger charge is -2.09. The standard InChI is InChI=1S/C23H19BrCl2N4O2S/c1-15(27-29-22(31)14-32-21-12-9-17(25)13-20(21)26)23(33-19-5-3-2-4-6-19)30-28-18-10-7-16(24)8-11-18/h2-13,28H,14H2,1H3,(H,29,31)/b27-15-,30-23+. The topological polar surface area (TPSA) is 75.1 Å². The molecule has 0 saturated carbocycles. The SMILES string of the molecule is CC(=N/NC(=O)COc1ccc(Cl)cc1Cl)/C(=N\Nc1ccc(Br)cc1)Sc1ccccc1. The Hall–Kier alpha value is -2.52. The van der Waals surface area contributed by atoms with Crippen LogP contribution in [0.2, 0.25) is 10.0 Å². The second kappa shape index (κ2) is 12.6. The third-order valence-corrected chi connectivity index (χ3v) is 6.15. The predicted octanol–water partition coefficient (Wildman–Crippen LogP) is 6.84. The van der Waals surface area contributed by atoms with Crippen molar-refractivity contribution in [3.8, 4) is 5.75 Å². The maximum Gasteiger partial charge on any atom is 0.277 e. The summed E-state index contributed by atoms with van der Waals surface area (Å²) in [6, 6.07) is 22.1. The van der Waals surface area contributed by atoms with Crippen LogP contribution in [-0.2, 0) is 4.79 Å². The molecule has 0 radical (unpaired) electrons. The van der Waals surface area contributed by atoms with Crippen molar-refractivity contribution in [3.63, 3.8) is 0 Å². The van der Waals surface area contributed by atoms with E-state index in [4.69, 9.17) is 27.9 Å². The summed E-state index contributed by atoms with van der Waals surface area (Å²) < 4.78 is 6.40. The Labute approximate surface area is 214 Å². The van der Waals surface area contributed by atoms with E-state index in [1.54, 1.807) is 25.1 Å². The van der Waals surface area contributed by atoms with Crippen LogP contribution in [-0.4, -0.2) is 23.3 Å². The molecule has 0 atom stereocenters.